The van der Waals surface area contributed by atoms with Crippen LogP contribution in [0.1, 0.15) is 30.4 Å². The number of nitrogens with zero attached hydrogens (tertiary/aromatic N) is 3. The van der Waals surface area contributed by atoms with Crippen molar-refractivity contribution in [2.24, 2.45) is 7.05 Å². The maximum atomic E-state index is 14.7. The molecule has 0 unspecified atom stereocenters. The number of amidine groups is 1. The third kappa shape index (κ3) is 3.21. The van der Waals surface area contributed by atoms with E-state index >= 15 is 0 Å². The Morgan fingerprint density at radius 2 is 1.96 bits per heavy atom. The van der Waals surface area contributed by atoms with Crippen molar-refractivity contribution in [3.05, 3.63) is 65.9 Å². The van der Waals surface area contributed by atoms with E-state index in [9.17, 15) is 4.39 Å². The molecule has 2 aromatic heterocycles. The quantitative estimate of drug-likeness (QED) is 0.438. The van der Waals surface area contributed by atoms with Crippen LogP contribution in [0, 0.1) is 11.2 Å². The third-order valence-corrected chi connectivity index (χ3v) is 5.19. The lowest BCUT2D eigenvalue weighted by Crippen LogP contribution is -2.35. The summed E-state index contributed by atoms with van der Waals surface area (Å²) in [7, 11) is 1.99. The Kier molecular flexibility index (Phi) is 4.45. The van der Waals surface area contributed by atoms with Gasteiger partial charge >= 0.3 is 0 Å². The molecule has 0 atom stereocenters. The molecule has 3 aromatic rings. The number of fused-ring (bicyclic) bond motifs is 1. The molecule has 1 N–H and O–H groups in total. The highest BCUT2D eigenvalue weighted by Crippen LogP contribution is 2.19. The molecule has 26 heavy (non-hydrogen) atoms. The van der Waals surface area contributed by atoms with Gasteiger partial charge in [0, 0.05) is 36.5 Å². The van der Waals surface area contributed by atoms with Crippen molar-refractivity contribution in [1.29, 1.82) is 5.41 Å². The number of hydrogen-bond acceptors (Lipinski definition) is 1. The number of piperidine rings is 1. The second kappa shape index (κ2) is 6.90. The first-order valence-corrected chi connectivity index (χ1v) is 9.18. The molecule has 0 amide bonds. The van der Waals surface area contributed by atoms with E-state index < -0.39 is 0 Å². The first-order valence-electron chi connectivity index (χ1n) is 9.18. The predicted molar refractivity (Wildman–Crippen MR) is 101 cm³/mol. The van der Waals surface area contributed by atoms with Crippen LogP contribution in [0.2, 0.25) is 0 Å². The van der Waals surface area contributed by atoms with Crippen LogP contribution in [0.15, 0.2) is 48.9 Å². The Morgan fingerprint density at radius 1 is 1.15 bits per heavy atom. The molecular formula is C21H24FN4+. The number of benzene rings is 1. The molecular weight excluding hydrogens is 327 g/mol. The normalized spacial score (nSPS) is 14.8. The third-order valence-electron chi connectivity index (χ3n) is 5.19. The zero-order chi connectivity index (χ0) is 18.1. The maximum absolute atomic E-state index is 14.7. The van der Waals surface area contributed by atoms with Gasteiger partial charge in [-0.25, -0.2) is 8.96 Å². The molecule has 1 saturated heterocycles. The molecule has 1 aliphatic heterocycles. The fourth-order valence-corrected chi connectivity index (χ4v) is 3.70. The van der Waals surface area contributed by atoms with Crippen LogP contribution in [0.4, 0.5) is 4.39 Å². The van der Waals surface area contributed by atoms with Crippen LogP contribution in [0.5, 0.6) is 0 Å². The lowest BCUT2D eigenvalue weighted by molar-refractivity contribution is -0.670. The number of likely N-dealkylation sites (tertiary alicyclic amines) is 1. The minimum atomic E-state index is -0.243. The van der Waals surface area contributed by atoms with Gasteiger partial charge in [-0.2, -0.15) is 0 Å². The summed E-state index contributed by atoms with van der Waals surface area (Å²) in [4.78, 5) is 2.05. The minimum absolute atomic E-state index is 0.243. The standard InChI is InChI=1S/C21H24FN4/c1-24-11-8-20-18(14-24)7-12-26(20)15-17-6-5-16(13-19(17)22)21(23)25-9-3-2-4-10-25/h5-8,11-14,23H,2-4,9-10,15H2,1H3/q+1. The van der Waals surface area contributed by atoms with Crippen molar-refractivity contribution in [3.8, 4) is 0 Å². The van der Waals surface area contributed by atoms with E-state index in [0.29, 0.717) is 23.5 Å². The highest BCUT2D eigenvalue weighted by atomic mass is 19.1. The van der Waals surface area contributed by atoms with Crippen molar-refractivity contribution in [3.63, 3.8) is 0 Å². The maximum Gasteiger partial charge on any atom is 0.177 e. The monoisotopic (exact) mass is 351 g/mol. The Labute approximate surface area is 153 Å². The molecule has 3 heterocycles. The van der Waals surface area contributed by atoms with E-state index in [1.165, 1.54) is 12.5 Å². The van der Waals surface area contributed by atoms with Gasteiger partial charge in [-0.15, -0.1) is 0 Å². The molecule has 1 aliphatic rings. The number of hydrogen-bond donors (Lipinski definition) is 1. The van der Waals surface area contributed by atoms with Crippen LogP contribution in [0.3, 0.4) is 0 Å². The topological polar surface area (TPSA) is 35.9 Å². The summed E-state index contributed by atoms with van der Waals surface area (Å²) < 4.78 is 18.8. The average molecular weight is 351 g/mol. The molecule has 0 saturated carbocycles. The number of rotatable bonds is 3. The first kappa shape index (κ1) is 16.8. The van der Waals surface area contributed by atoms with E-state index in [1.807, 2.05) is 48.3 Å². The van der Waals surface area contributed by atoms with Crippen molar-refractivity contribution in [2.75, 3.05) is 13.1 Å². The number of pyridine rings is 1. The van der Waals surface area contributed by atoms with E-state index in [1.54, 1.807) is 0 Å². The SMILES string of the molecule is C[n+]1ccc2c(ccn2Cc2ccc(C(=N)N3CCCCC3)cc2F)c1. The van der Waals surface area contributed by atoms with Gasteiger partial charge < -0.3 is 9.47 Å². The van der Waals surface area contributed by atoms with E-state index in [4.69, 9.17) is 5.41 Å². The van der Waals surface area contributed by atoms with Crippen molar-refractivity contribution in [1.82, 2.24) is 9.47 Å². The summed E-state index contributed by atoms with van der Waals surface area (Å²) in [5.41, 5.74) is 2.40. The second-order valence-electron chi connectivity index (χ2n) is 7.10. The van der Waals surface area contributed by atoms with Crippen molar-refractivity contribution < 1.29 is 8.96 Å². The van der Waals surface area contributed by atoms with Gasteiger partial charge in [0.25, 0.3) is 0 Å². The van der Waals surface area contributed by atoms with Gasteiger partial charge in [-0.05, 0) is 31.4 Å². The lowest BCUT2D eigenvalue weighted by atomic mass is 10.1. The fourth-order valence-electron chi connectivity index (χ4n) is 3.70. The summed E-state index contributed by atoms with van der Waals surface area (Å²) in [6, 6.07) is 9.30. The summed E-state index contributed by atoms with van der Waals surface area (Å²) in [6.45, 7) is 2.28. The molecule has 0 bridgehead atoms. The second-order valence-corrected chi connectivity index (χ2v) is 7.10. The zero-order valence-corrected chi connectivity index (χ0v) is 15.1. The van der Waals surface area contributed by atoms with Crippen LogP contribution >= 0.6 is 0 Å². The fraction of sp³-hybridized carbons (Fsp3) is 0.333. The number of nitrogens with one attached hydrogen (secondary N) is 1. The molecule has 4 rings (SSSR count). The van der Waals surface area contributed by atoms with Gasteiger partial charge in [0.1, 0.15) is 18.7 Å². The summed E-state index contributed by atoms with van der Waals surface area (Å²) in [6.07, 6.45) is 9.50. The molecule has 1 fully saturated rings. The van der Waals surface area contributed by atoms with Crippen LogP contribution < -0.4 is 4.57 Å². The Bertz CT molecular complexity index is 954. The van der Waals surface area contributed by atoms with E-state index in [2.05, 4.69) is 15.7 Å². The predicted octanol–water partition coefficient (Wildman–Crippen LogP) is 3.46. The zero-order valence-electron chi connectivity index (χ0n) is 15.1. The molecule has 4 nitrogen and oxygen atoms in total. The van der Waals surface area contributed by atoms with E-state index in [-0.39, 0.29) is 5.82 Å². The molecule has 1 aromatic carbocycles. The number of halogens is 1. The van der Waals surface area contributed by atoms with E-state index in [0.717, 1.165) is 36.8 Å². The van der Waals surface area contributed by atoms with Gasteiger partial charge in [-0.3, -0.25) is 5.41 Å². The molecule has 0 aliphatic carbocycles. The van der Waals surface area contributed by atoms with Gasteiger partial charge in [0.15, 0.2) is 12.4 Å². The van der Waals surface area contributed by atoms with Gasteiger partial charge in [-0.1, -0.05) is 12.1 Å². The number of aromatic nitrogens is 2. The van der Waals surface area contributed by atoms with Gasteiger partial charge in [0.05, 0.1) is 17.4 Å². The van der Waals surface area contributed by atoms with Crippen molar-refractivity contribution >= 4 is 16.7 Å². The van der Waals surface area contributed by atoms with Crippen LogP contribution in [0.25, 0.3) is 10.9 Å². The molecule has 134 valence electrons. The number of aryl methyl sites for hydroxylation is 1. The Balaban J connectivity index is 1.56. The van der Waals surface area contributed by atoms with Crippen LogP contribution in [-0.2, 0) is 13.6 Å². The first-order chi connectivity index (χ1) is 12.6. The smallest absolute Gasteiger partial charge is 0.177 e. The Morgan fingerprint density at radius 3 is 2.73 bits per heavy atom. The van der Waals surface area contributed by atoms with Crippen molar-refractivity contribution in [2.45, 2.75) is 25.8 Å². The minimum Gasteiger partial charge on any atom is -0.357 e. The molecule has 0 radical (unpaired) electrons. The highest BCUT2D eigenvalue weighted by molar-refractivity contribution is 5.96. The average Bonchev–Trinajstić information content (AvgIpc) is 3.05. The summed E-state index contributed by atoms with van der Waals surface area (Å²) >= 11 is 0. The van der Waals surface area contributed by atoms with Gasteiger partial charge in [0.2, 0.25) is 0 Å². The largest absolute Gasteiger partial charge is 0.357 e. The highest BCUT2D eigenvalue weighted by Gasteiger charge is 2.16. The Hall–Kier alpha value is -2.69. The summed E-state index contributed by atoms with van der Waals surface area (Å²) in [5.74, 6) is 0.196. The van der Waals surface area contributed by atoms with Crippen LogP contribution in [-0.4, -0.2) is 28.4 Å². The lowest BCUT2D eigenvalue weighted by Gasteiger charge is -2.29. The molecule has 5 heteroatoms. The summed E-state index contributed by atoms with van der Waals surface area (Å²) in [5, 5.41) is 9.51. The molecule has 0 spiro atoms.